The van der Waals surface area contributed by atoms with Crippen molar-refractivity contribution in [2.75, 3.05) is 20.1 Å². The second-order valence-electron chi connectivity index (χ2n) is 5.93. The summed E-state index contributed by atoms with van der Waals surface area (Å²) in [5.74, 6) is -0.368. The number of nitrogens with zero attached hydrogens (tertiary/aromatic N) is 1. The highest BCUT2D eigenvalue weighted by molar-refractivity contribution is 5.74. The van der Waals surface area contributed by atoms with E-state index in [4.69, 9.17) is 5.11 Å². The summed E-state index contributed by atoms with van der Waals surface area (Å²) >= 11 is 0. The minimum atomic E-state index is -0.732. The Hall–Kier alpha value is -1.26. The fourth-order valence-corrected chi connectivity index (χ4v) is 2.51. The summed E-state index contributed by atoms with van der Waals surface area (Å²) in [5.41, 5.74) is 0. The summed E-state index contributed by atoms with van der Waals surface area (Å²) in [6.07, 6.45) is 3.55. The van der Waals surface area contributed by atoms with E-state index < -0.39 is 5.97 Å². The van der Waals surface area contributed by atoms with E-state index in [0.29, 0.717) is 12.5 Å². The van der Waals surface area contributed by atoms with Gasteiger partial charge in [0.15, 0.2) is 0 Å². The Morgan fingerprint density at radius 1 is 1.37 bits per heavy atom. The third kappa shape index (κ3) is 5.09. The molecule has 0 radical (unpaired) electrons. The monoisotopic (exact) mass is 270 g/mol. The molecule has 1 fully saturated rings. The van der Waals surface area contributed by atoms with Crippen molar-refractivity contribution in [3.05, 3.63) is 0 Å². The number of urea groups is 1. The van der Waals surface area contributed by atoms with Crippen molar-refractivity contribution in [1.82, 2.24) is 10.2 Å². The van der Waals surface area contributed by atoms with Gasteiger partial charge >= 0.3 is 12.0 Å². The Labute approximate surface area is 115 Å². The molecule has 0 aliphatic heterocycles. The smallest absolute Gasteiger partial charge is 0.317 e. The molecule has 0 spiro atoms. The Kier molecular flexibility index (Phi) is 6.12. The molecule has 1 aliphatic rings. The van der Waals surface area contributed by atoms with Gasteiger partial charge < -0.3 is 15.3 Å². The predicted molar refractivity (Wildman–Crippen MR) is 74.0 cm³/mol. The molecule has 110 valence electrons. The van der Waals surface area contributed by atoms with Gasteiger partial charge in [-0.2, -0.15) is 0 Å². The zero-order chi connectivity index (χ0) is 14.4. The first kappa shape index (κ1) is 15.8. The maximum absolute atomic E-state index is 11.9. The number of carbonyl (C=O) groups excluding carboxylic acids is 1. The molecular weight excluding hydrogens is 244 g/mol. The van der Waals surface area contributed by atoms with Crippen LogP contribution in [0.5, 0.6) is 0 Å². The molecule has 0 saturated heterocycles. The molecular formula is C14H26N2O3. The van der Waals surface area contributed by atoms with Crippen molar-refractivity contribution in [2.24, 2.45) is 17.8 Å². The molecule has 0 bridgehead atoms. The van der Waals surface area contributed by atoms with Crippen LogP contribution in [-0.4, -0.2) is 42.1 Å². The number of rotatable bonds is 6. The first-order valence-electron chi connectivity index (χ1n) is 7.13. The number of amides is 2. The van der Waals surface area contributed by atoms with Crippen molar-refractivity contribution >= 4 is 12.0 Å². The van der Waals surface area contributed by atoms with Crippen LogP contribution in [0.2, 0.25) is 0 Å². The number of nitrogens with one attached hydrogen (secondary N) is 1. The van der Waals surface area contributed by atoms with Crippen LogP contribution in [0.25, 0.3) is 0 Å². The van der Waals surface area contributed by atoms with E-state index in [1.807, 2.05) is 0 Å². The molecule has 2 unspecified atom stereocenters. The van der Waals surface area contributed by atoms with E-state index in [2.05, 4.69) is 19.2 Å². The molecule has 1 rings (SSSR count). The SMILES string of the molecule is CC(C)CCN(C)C(=O)NCC1CCCC1C(=O)O. The Bertz CT molecular complexity index is 318. The number of carboxylic acid groups (broad SMARTS) is 1. The lowest BCUT2D eigenvalue weighted by molar-refractivity contribution is -0.142. The number of hydrogen-bond donors (Lipinski definition) is 2. The van der Waals surface area contributed by atoms with Gasteiger partial charge in [-0.15, -0.1) is 0 Å². The van der Waals surface area contributed by atoms with Gasteiger partial charge in [-0.05, 0) is 31.1 Å². The normalized spacial score (nSPS) is 22.5. The van der Waals surface area contributed by atoms with Gasteiger partial charge in [-0.3, -0.25) is 4.79 Å². The fourth-order valence-electron chi connectivity index (χ4n) is 2.51. The Morgan fingerprint density at radius 2 is 2.05 bits per heavy atom. The fraction of sp³-hybridized carbons (Fsp3) is 0.857. The molecule has 2 amide bonds. The number of hydrogen-bond acceptors (Lipinski definition) is 2. The molecule has 0 aromatic carbocycles. The van der Waals surface area contributed by atoms with E-state index in [9.17, 15) is 9.59 Å². The number of aliphatic carboxylic acids is 1. The molecule has 0 aromatic heterocycles. The maximum atomic E-state index is 11.9. The lowest BCUT2D eigenvalue weighted by Gasteiger charge is -2.21. The number of carbonyl (C=O) groups is 2. The second-order valence-corrected chi connectivity index (χ2v) is 5.93. The van der Waals surface area contributed by atoms with Crippen molar-refractivity contribution in [1.29, 1.82) is 0 Å². The molecule has 19 heavy (non-hydrogen) atoms. The Balaban J connectivity index is 2.31. The maximum Gasteiger partial charge on any atom is 0.317 e. The van der Waals surface area contributed by atoms with Crippen LogP contribution in [0.1, 0.15) is 39.5 Å². The van der Waals surface area contributed by atoms with Gasteiger partial charge in [-0.25, -0.2) is 4.79 Å². The lowest BCUT2D eigenvalue weighted by atomic mass is 9.96. The van der Waals surface area contributed by atoms with Crippen LogP contribution >= 0.6 is 0 Å². The molecule has 5 nitrogen and oxygen atoms in total. The molecule has 1 aliphatic carbocycles. The summed E-state index contributed by atoms with van der Waals surface area (Å²) in [7, 11) is 1.78. The first-order chi connectivity index (χ1) is 8.91. The summed E-state index contributed by atoms with van der Waals surface area (Å²) < 4.78 is 0. The highest BCUT2D eigenvalue weighted by Crippen LogP contribution is 2.31. The topological polar surface area (TPSA) is 69.6 Å². The minimum Gasteiger partial charge on any atom is -0.481 e. The van der Waals surface area contributed by atoms with Crippen molar-refractivity contribution in [3.63, 3.8) is 0 Å². The molecule has 1 saturated carbocycles. The van der Waals surface area contributed by atoms with Crippen LogP contribution in [-0.2, 0) is 4.79 Å². The summed E-state index contributed by atoms with van der Waals surface area (Å²) in [6.45, 7) is 5.46. The Morgan fingerprint density at radius 3 is 2.63 bits per heavy atom. The van der Waals surface area contributed by atoms with Gasteiger partial charge in [0, 0.05) is 20.1 Å². The van der Waals surface area contributed by atoms with Crippen molar-refractivity contribution < 1.29 is 14.7 Å². The summed E-state index contributed by atoms with van der Waals surface area (Å²) in [6, 6.07) is -0.100. The van der Waals surface area contributed by atoms with E-state index in [0.717, 1.165) is 32.2 Å². The van der Waals surface area contributed by atoms with Crippen molar-refractivity contribution in [2.45, 2.75) is 39.5 Å². The molecule has 0 heterocycles. The van der Waals surface area contributed by atoms with E-state index in [-0.39, 0.29) is 17.9 Å². The van der Waals surface area contributed by atoms with Crippen LogP contribution in [0.4, 0.5) is 4.79 Å². The van der Waals surface area contributed by atoms with Gasteiger partial charge in [0.1, 0.15) is 0 Å². The van der Waals surface area contributed by atoms with Crippen molar-refractivity contribution in [3.8, 4) is 0 Å². The standard InChI is InChI=1S/C14H26N2O3/c1-10(2)7-8-16(3)14(19)15-9-11-5-4-6-12(11)13(17)18/h10-12H,4-9H2,1-3H3,(H,15,19)(H,17,18). The van der Waals surface area contributed by atoms with Crippen LogP contribution in [0.15, 0.2) is 0 Å². The summed E-state index contributed by atoms with van der Waals surface area (Å²) in [4.78, 5) is 24.6. The van der Waals surface area contributed by atoms with E-state index in [1.54, 1.807) is 11.9 Å². The molecule has 2 atom stereocenters. The average Bonchev–Trinajstić information content (AvgIpc) is 2.81. The highest BCUT2D eigenvalue weighted by Gasteiger charge is 2.32. The first-order valence-corrected chi connectivity index (χ1v) is 7.13. The van der Waals surface area contributed by atoms with Gasteiger partial charge in [0.05, 0.1) is 5.92 Å². The third-order valence-electron chi connectivity index (χ3n) is 3.88. The minimum absolute atomic E-state index is 0.0833. The molecule has 5 heteroatoms. The largest absolute Gasteiger partial charge is 0.481 e. The lowest BCUT2D eigenvalue weighted by Crippen LogP contribution is -2.41. The summed E-state index contributed by atoms with van der Waals surface area (Å²) in [5, 5.41) is 11.9. The predicted octanol–water partition coefficient (Wildman–Crippen LogP) is 2.17. The van der Waals surface area contributed by atoms with E-state index >= 15 is 0 Å². The van der Waals surface area contributed by atoms with Gasteiger partial charge in [0.2, 0.25) is 0 Å². The van der Waals surface area contributed by atoms with Crippen LogP contribution in [0.3, 0.4) is 0 Å². The molecule has 2 N–H and O–H groups in total. The second kappa shape index (κ2) is 7.36. The third-order valence-corrected chi connectivity index (χ3v) is 3.88. The van der Waals surface area contributed by atoms with E-state index in [1.165, 1.54) is 0 Å². The van der Waals surface area contributed by atoms with Crippen LogP contribution in [0, 0.1) is 17.8 Å². The zero-order valence-electron chi connectivity index (χ0n) is 12.2. The van der Waals surface area contributed by atoms with Crippen LogP contribution < -0.4 is 5.32 Å². The quantitative estimate of drug-likeness (QED) is 0.777. The highest BCUT2D eigenvalue weighted by atomic mass is 16.4. The number of carboxylic acids is 1. The average molecular weight is 270 g/mol. The zero-order valence-corrected chi connectivity index (χ0v) is 12.2. The van der Waals surface area contributed by atoms with Gasteiger partial charge in [-0.1, -0.05) is 20.3 Å². The molecule has 0 aromatic rings. The van der Waals surface area contributed by atoms with Gasteiger partial charge in [0.25, 0.3) is 0 Å².